The molecule has 0 radical (unpaired) electrons. The molecule has 0 unspecified atom stereocenters. The van der Waals surface area contributed by atoms with Crippen LogP contribution < -0.4 is 16.0 Å². The molecule has 1 atom stereocenters. The zero-order valence-corrected chi connectivity index (χ0v) is 14.0. The van der Waals surface area contributed by atoms with Gasteiger partial charge in [0, 0.05) is 25.0 Å². The van der Waals surface area contributed by atoms with E-state index in [4.69, 9.17) is 4.74 Å². The van der Waals surface area contributed by atoms with Gasteiger partial charge in [0.05, 0.1) is 0 Å². The quantitative estimate of drug-likeness (QED) is 0.752. The Morgan fingerprint density at radius 2 is 1.72 bits per heavy atom. The number of methoxy groups -OCH3 is 1. The Morgan fingerprint density at radius 1 is 1.08 bits per heavy atom. The predicted molar refractivity (Wildman–Crippen MR) is 93.8 cm³/mol. The number of ether oxygens (including phenoxy) is 1. The zero-order chi connectivity index (χ0) is 18.2. The van der Waals surface area contributed by atoms with Crippen molar-refractivity contribution in [2.24, 2.45) is 0 Å². The predicted octanol–water partition coefficient (Wildman–Crippen LogP) is 3.12. The topological polar surface area (TPSA) is 79.5 Å². The number of urea groups is 1. The molecular weight excluding hydrogens is 325 g/mol. The molecule has 3 amide bonds. The van der Waals surface area contributed by atoms with Crippen LogP contribution >= 0.6 is 0 Å². The molecule has 2 rings (SSSR count). The van der Waals surface area contributed by atoms with Crippen LogP contribution in [0.2, 0.25) is 0 Å². The van der Waals surface area contributed by atoms with Gasteiger partial charge in [-0.15, -0.1) is 0 Å². The summed E-state index contributed by atoms with van der Waals surface area (Å²) in [5.41, 5.74) is 1.86. The lowest BCUT2D eigenvalue weighted by Gasteiger charge is -2.12. The fourth-order valence-corrected chi connectivity index (χ4v) is 1.99. The van der Waals surface area contributed by atoms with Gasteiger partial charge in [0.15, 0.2) is 0 Å². The van der Waals surface area contributed by atoms with Crippen LogP contribution in [0, 0.1) is 5.82 Å². The molecule has 0 spiro atoms. The largest absolute Gasteiger partial charge is 0.372 e. The second kappa shape index (κ2) is 8.79. The monoisotopic (exact) mass is 345 g/mol. The molecule has 132 valence electrons. The summed E-state index contributed by atoms with van der Waals surface area (Å²) in [4.78, 5) is 23.7. The van der Waals surface area contributed by atoms with E-state index in [2.05, 4.69) is 16.0 Å². The van der Waals surface area contributed by atoms with Crippen LogP contribution in [0.1, 0.15) is 12.5 Å². The van der Waals surface area contributed by atoms with Gasteiger partial charge < -0.3 is 20.7 Å². The van der Waals surface area contributed by atoms with E-state index in [1.165, 1.54) is 19.2 Å². The highest BCUT2D eigenvalue weighted by Gasteiger charge is 2.11. The van der Waals surface area contributed by atoms with E-state index in [1.54, 1.807) is 43.3 Å². The Bertz CT molecular complexity index is 735. The molecule has 0 saturated carbocycles. The minimum absolute atomic E-state index is 0.272. The van der Waals surface area contributed by atoms with Crippen LogP contribution in [-0.4, -0.2) is 25.2 Å². The molecule has 25 heavy (non-hydrogen) atoms. The van der Waals surface area contributed by atoms with E-state index >= 15 is 0 Å². The normalized spacial score (nSPS) is 11.5. The van der Waals surface area contributed by atoms with E-state index in [0.29, 0.717) is 11.4 Å². The maximum absolute atomic E-state index is 12.8. The molecule has 6 nitrogen and oxygen atoms in total. The molecular formula is C18H20FN3O3. The van der Waals surface area contributed by atoms with Gasteiger partial charge >= 0.3 is 6.03 Å². The first kappa shape index (κ1) is 18.4. The van der Waals surface area contributed by atoms with Crippen LogP contribution in [0.3, 0.4) is 0 Å². The lowest BCUT2D eigenvalue weighted by atomic mass is 10.2. The molecule has 0 bridgehead atoms. The summed E-state index contributed by atoms with van der Waals surface area (Å²) in [7, 11) is 1.45. The number of hydrogen-bond donors (Lipinski definition) is 3. The van der Waals surface area contributed by atoms with E-state index in [9.17, 15) is 14.0 Å². The van der Waals surface area contributed by atoms with Crippen molar-refractivity contribution in [3.8, 4) is 0 Å². The van der Waals surface area contributed by atoms with Crippen LogP contribution in [0.5, 0.6) is 0 Å². The molecule has 0 aliphatic rings. The third-order valence-electron chi connectivity index (χ3n) is 3.48. The van der Waals surface area contributed by atoms with Gasteiger partial charge in [-0.2, -0.15) is 0 Å². The average molecular weight is 345 g/mol. The van der Waals surface area contributed by atoms with E-state index in [-0.39, 0.29) is 18.3 Å². The van der Waals surface area contributed by atoms with Crippen molar-refractivity contribution in [2.75, 3.05) is 17.7 Å². The number of amides is 3. The molecule has 2 aromatic carbocycles. The van der Waals surface area contributed by atoms with Crippen molar-refractivity contribution < 1.29 is 18.7 Å². The molecule has 3 N–H and O–H groups in total. The van der Waals surface area contributed by atoms with Crippen molar-refractivity contribution in [2.45, 2.75) is 19.6 Å². The standard InChI is InChI=1S/C18H20FN3O3/c1-12(25-2)17(23)21-15-4-3-5-16(10-15)22-18(24)20-11-13-6-8-14(19)9-7-13/h3-10,12H,11H2,1-2H3,(H,21,23)(H2,20,22,24)/t12-/m0/s1. The van der Waals surface area contributed by atoms with E-state index < -0.39 is 12.1 Å². The lowest BCUT2D eigenvalue weighted by Crippen LogP contribution is -2.28. The first-order chi connectivity index (χ1) is 12.0. The van der Waals surface area contributed by atoms with Crippen molar-refractivity contribution in [1.82, 2.24) is 5.32 Å². The fraction of sp³-hybridized carbons (Fsp3) is 0.222. The summed E-state index contributed by atoms with van der Waals surface area (Å²) in [5, 5.41) is 8.05. The SMILES string of the molecule is CO[C@@H](C)C(=O)Nc1cccc(NC(=O)NCc2ccc(F)cc2)c1. The summed E-state index contributed by atoms with van der Waals surface area (Å²) in [6.07, 6.45) is -0.573. The Hall–Kier alpha value is -2.93. The van der Waals surface area contributed by atoms with Crippen molar-refractivity contribution in [3.05, 3.63) is 59.9 Å². The fourth-order valence-electron chi connectivity index (χ4n) is 1.99. The van der Waals surface area contributed by atoms with Crippen molar-refractivity contribution in [1.29, 1.82) is 0 Å². The van der Waals surface area contributed by atoms with Gasteiger partial charge in [0.25, 0.3) is 5.91 Å². The highest BCUT2D eigenvalue weighted by Crippen LogP contribution is 2.15. The number of nitrogens with one attached hydrogen (secondary N) is 3. The van der Waals surface area contributed by atoms with Gasteiger partial charge in [-0.3, -0.25) is 4.79 Å². The molecule has 0 saturated heterocycles. The van der Waals surface area contributed by atoms with Crippen LogP contribution in [0.15, 0.2) is 48.5 Å². The zero-order valence-electron chi connectivity index (χ0n) is 14.0. The highest BCUT2D eigenvalue weighted by atomic mass is 19.1. The number of carbonyl (C=O) groups is 2. The van der Waals surface area contributed by atoms with Crippen molar-refractivity contribution in [3.63, 3.8) is 0 Å². The maximum Gasteiger partial charge on any atom is 0.319 e. The van der Waals surface area contributed by atoms with Crippen LogP contribution in [0.4, 0.5) is 20.6 Å². The average Bonchev–Trinajstić information content (AvgIpc) is 2.60. The Morgan fingerprint density at radius 3 is 2.36 bits per heavy atom. The number of hydrogen-bond acceptors (Lipinski definition) is 3. The third-order valence-corrected chi connectivity index (χ3v) is 3.48. The molecule has 0 aliphatic heterocycles. The number of halogens is 1. The molecule has 0 heterocycles. The van der Waals surface area contributed by atoms with E-state index in [1.807, 2.05) is 0 Å². The molecule has 0 aromatic heterocycles. The van der Waals surface area contributed by atoms with Gasteiger partial charge in [-0.25, -0.2) is 9.18 Å². The van der Waals surface area contributed by atoms with Crippen LogP contribution in [-0.2, 0) is 16.1 Å². The Balaban J connectivity index is 1.89. The Labute approximate surface area is 145 Å². The molecule has 0 fully saturated rings. The highest BCUT2D eigenvalue weighted by molar-refractivity contribution is 5.95. The van der Waals surface area contributed by atoms with Gasteiger partial charge in [-0.05, 0) is 42.8 Å². The molecule has 7 heteroatoms. The number of carbonyl (C=O) groups excluding carboxylic acids is 2. The van der Waals surface area contributed by atoms with Crippen molar-refractivity contribution >= 4 is 23.3 Å². The Kier molecular flexibility index (Phi) is 6.47. The summed E-state index contributed by atoms with van der Waals surface area (Å²) in [6.45, 7) is 1.91. The summed E-state index contributed by atoms with van der Waals surface area (Å²) < 4.78 is 17.8. The smallest absolute Gasteiger partial charge is 0.319 e. The minimum Gasteiger partial charge on any atom is -0.372 e. The summed E-state index contributed by atoms with van der Waals surface area (Å²) in [5.74, 6) is -0.602. The second-order valence-corrected chi connectivity index (χ2v) is 5.38. The summed E-state index contributed by atoms with van der Waals surface area (Å²) in [6, 6.07) is 12.2. The number of anilines is 2. The van der Waals surface area contributed by atoms with Gasteiger partial charge in [0.2, 0.25) is 0 Å². The number of rotatable bonds is 6. The van der Waals surface area contributed by atoms with Gasteiger partial charge in [0.1, 0.15) is 11.9 Å². The van der Waals surface area contributed by atoms with Gasteiger partial charge in [-0.1, -0.05) is 18.2 Å². The molecule has 2 aromatic rings. The molecule has 0 aliphatic carbocycles. The second-order valence-electron chi connectivity index (χ2n) is 5.38. The summed E-state index contributed by atoms with van der Waals surface area (Å²) >= 11 is 0. The maximum atomic E-state index is 12.8. The van der Waals surface area contributed by atoms with Crippen LogP contribution in [0.25, 0.3) is 0 Å². The van der Waals surface area contributed by atoms with E-state index in [0.717, 1.165) is 5.56 Å². The first-order valence-electron chi connectivity index (χ1n) is 7.71. The minimum atomic E-state index is -0.573. The third kappa shape index (κ3) is 5.89. The number of benzene rings is 2. The lowest BCUT2D eigenvalue weighted by molar-refractivity contribution is -0.124. The first-order valence-corrected chi connectivity index (χ1v) is 7.71.